The van der Waals surface area contributed by atoms with Crippen LogP contribution in [-0.2, 0) is 24.6 Å². The molecule has 0 atom stereocenters. The number of halogens is 3. The number of alkyl halides is 3. The lowest BCUT2D eigenvalue weighted by Crippen LogP contribution is -2.48. The number of aryl methyl sites for hydroxylation is 2. The number of hydrogen-bond donors (Lipinski definition) is 0. The van der Waals surface area contributed by atoms with E-state index < -0.39 is 11.9 Å². The Morgan fingerprint density at radius 2 is 1.69 bits per heavy atom. The van der Waals surface area contributed by atoms with Crippen molar-refractivity contribution in [1.82, 2.24) is 20.0 Å². The number of nitrogens with zero attached hydrogens (tertiary/aromatic N) is 4. The lowest BCUT2D eigenvalue weighted by atomic mass is 9.49. The first-order valence-corrected chi connectivity index (χ1v) is 10.9. The fourth-order valence-electron chi connectivity index (χ4n) is 6.60. The molecule has 4 bridgehead atoms. The zero-order chi connectivity index (χ0) is 19.8. The van der Waals surface area contributed by atoms with E-state index in [1.165, 1.54) is 30.0 Å². The van der Waals surface area contributed by atoms with Crippen LogP contribution in [0.5, 0.6) is 0 Å². The topological polar surface area (TPSA) is 56.7 Å². The summed E-state index contributed by atoms with van der Waals surface area (Å²) < 4.78 is 46.8. The van der Waals surface area contributed by atoms with Gasteiger partial charge in [0.05, 0.1) is 0 Å². The van der Waals surface area contributed by atoms with Gasteiger partial charge in [-0.3, -0.25) is 4.68 Å². The zero-order valence-corrected chi connectivity index (χ0v) is 16.3. The quantitative estimate of drug-likeness (QED) is 0.711. The molecule has 2 aromatic heterocycles. The van der Waals surface area contributed by atoms with Gasteiger partial charge < -0.3 is 4.42 Å². The lowest BCUT2D eigenvalue weighted by molar-refractivity contribution is -0.141. The summed E-state index contributed by atoms with van der Waals surface area (Å²) in [4.78, 5) is 0. The van der Waals surface area contributed by atoms with E-state index >= 15 is 0 Å². The molecule has 8 heteroatoms. The molecular weight excluding hydrogens is 381 g/mol. The maximum atomic E-state index is 13.1. The van der Waals surface area contributed by atoms with Crippen LogP contribution in [0, 0.1) is 17.8 Å². The number of rotatable bonds is 5. The maximum absolute atomic E-state index is 13.1. The third-order valence-corrected chi connectivity index (χ3v) is 7.59. The Balaban J connectivity index is 1.20. The van der Waals surface area contributed by atoms with Crippen LogP contribution in [0.25, 0.3) is 0 Å². The fraction of sp³-hybridized carbons (Fsp3) is 0.762. The molecule has 7 rings (SSSR count). The Bertz CT molecular complexity index is 891. The van der Waals surface area contributed by atoms with E-state index in [9.17, 15) is 13.2 Å². The molecule has 2 heterocycles. The molecule has 0 unspecified atom stereocenters. The highest BCUT2D eigenvalue weighted by atomic mass is 19.4. The van der Waals surface area contributed by atoms with Crippen LogP contribution in [0.1, 0.15) is 80.5 Å². The van der Waals surface area contributed by atoms with Crippen molar-refractivity contribution < 1.29 is 17.6 Å². The van der Waals surface area contributed by atoms with E-state index in [0.29, 0.717) is 24.6 Å². The predicted octanol–water partition coefficient (Wildman–Crippen LogP) is 4.87. The molecule has 156 valence electrons. The van der Waals surface area contributed by atoms with E-state index in [0.717, 1.165) is 55.7 Å². The summed E-state index contributed by atoms with van der Waals surface area (Å²) in [5.41, 5.74) is -0.0775. The number of aromatic nitrogens is 4. The zero-order valence-electron chi connectivity index (χ0n) is 16.3. The number of hydrogen-bond acceptors (Lipinski definition) is 4. The second-order valence-corrected chi connectivity index (χ2v) is 9.90. The predicted molar refractivity (Wildman–Crippen MR) is 97.1 cm³/mol. The Morgan fingerprint density at radius 1 is 1.03 bits per heavy atom. The van der Waals surface area contributed by atoms with Gasteiger partial charge in [0.25, 0.3) is 0 Å². The smallest absolute Gasteiger partial charge is 0.425 e. The van der Waals surface area contributed by atoms with Gasteiger partial charge in [-0.25, -0.2) is 0 Å². The van der Waals surface area contributed by atoms with Crippen molar-refractivity contribution >= 4 is 0 Å². The largest absolute Gasteiger partial charge is 0.435 e. The van der Waals surface area contributed by atoms with Crippen LogP contribution in [0.2, 0.25) is 0 Å². The Hall–Kier alpha value is -1.86. The van der Waals surface area contributed by atoms with E-state index in [4.69, 9.17) is 4.42 Å². The highest BCUT2D eigenvalue weighted by Crippen LogP contribution is 2.60. The first-order chi connectivity index (χ1) is 13.9. The molecule has 0 amide bonds. The van der Waals surface area contributed by atoms with Crippen molar-refractivity contribution in [1.29, 1.82) is 0 Å². The monoisotopic (exact) mass is 406 g/mol. The molecule has 0 spiro atoms. The standard InChI is InChI=1S/C21H25F3N4O/c22-21(23,24)17-8-16(15-1-2-15)28(27-17)4-3-18-25-26-19(29-18)20-9-12-5-13(10-20)7-14(6-12)11-20/h8,12-15H,1-7,9-11H2. The minimum atomic E-state index is -4.41. The fourth-order valence-corrected chi connectivity index (χ4v) is 6.60. The molecule has 29 heavy (non-hydrogen) atoms. The second kappa shape index (κ2) is 6.08. The molecule has 2 aromatic rings. The molecule has 0 radical (unpaired) electrons. The molecule has 5 aliphatic carbocycles. The van der Waals surface area contributed by atoms with Gasteiger partial charge in [-0.05, 0) is 75.2 Å². The summed E-state index contributed by atoms with van der Waals surface area (Å²) in [5, 5.41) is 12.5. The van der Waals surface area contributed by atoms with Gasteiger partial charge in [0, 0.05) is 30.0 Å². The average Bonchev–Trinajstić information content (AvgIpc) is 3.20. The van der Waals surface area contributed by atoms with E-state index in [1.54, 1.807) is 0 Å². The SMILES string of the molecule is FC(F)(F)c1cc(C2CC2)n(CCc2nnc(C34CC5CC(CC(C5)C3)C4)o2)n1. The summed E-state index contributed by atoms with van der Waals surface area (Å²) in [6.07, 6.45) is 5.38. The summed E-state index contributed by atoms with van der Waals surface area (Å²) in [7, 11) is 0. The highest BCUT2D eigenvalue weighted by Gasteiger charge is 2.54. The van der Waals surface area contributed by atoms with Crippen molar-refractivity contribution in [2.45, 2.75) is 81.8 Å². The van der Waals surface area contributed by atoms with Gasteiger partial charge in [0.2, 0.25) is 11.8 Å². The first kappa shape index (κ1) is 18.0. The van der Waals surface area contributed by atoms with Crippen LogP contribution in [0.15, 0.2) is 10.5 Å². The molecule has 5 aliphatic rings. The lowest BCUT2D eigenvalue weighted by Gasteiger charge is -2.55. The van der Waals surface area contributed by atoms with Gasteiger partial charge >= 0.3 is 6.18 Å². The van der Waals surface area contributed by atoms with Crippen molar-refractivity contribution in [3.8, 4) is 0 Å². The molecule has 0 aliphatic heterocycles. The second-order valence-electron chi connectivity index (χ2n) is 9.90. The molecule has 5 fully saturated rings. The van der Waals surface area contributed by atoms with Gasteiger partial charge in [-0.1, -0.05) is 0 Å². The molecule has 0 saturated heterocycles. The molecule has 0 N–H and O–H groups in total. The van der Waals surface area contributed by atoms with Crippen LogP contribution < -0.4 is 0 Å². The summed E-state index contributed by atoms with van der Waals surface area (Å²) >= 11 is 0. The van der Waals surface area contributed by atoms with Crippen LogP contribution in [-0.4, -0.2) is 20.0 Å². The minimum absolute atomic E-state index is 0.0499. The van der Waals surface area contributed by atoms with Gasteiger partial charge in [0.15, 0.2) is 5.69 Å². The van der Waals surface area contributed by atoms with Crippen LogP contribution in [0.4, 0.5) is 13.2 Å². The molecule has 5 nitrogen and oxygen atoms in total. The molecule has 5 saturated carbocycles. The highest BCUT2D eigenvalue weighted by molar-refractivity contribution is 5.21. The van der Waals surface area contributed by atoms with Crippen molar-refractivity contribution in [2.75, 3.05) is 0 Å². The maximum Gasteiger partial charge on any atom is 0.435 e. The molecule has 0 aromatic carbocycles. The van der Waals surface area contributed by atoms with E-state index in [1.807, 2.05) is 0 Å². The summed E-state index contributed by atoms with van der Waals surface area (Å²) in [6.45, 7) is 0.338. The van der Waals surface area contributed by atoms with Gasteiger partial charge in [-0.2, -0.15) is 18.3 Å². The van der Waals surface area contributed by atoms with Crippen molar-refractivity contribution in [3.05, 3.63) is 29.2 Å². The van der Waals surface area contributed by atoms with E-state index in [-0.39, 0.29) is 11.3 Å². The summed E-state index contributed by atoms with van der Waals surface area (Å²) in [5.74, 6) is 3.86. The first-order valence-electron chi connectivity index (χ1n) is 10.9. The average molecular weight is 406 g/mol. The molecular formula is C21H25F3N4O. The third kappa shape index (κ3) is 3.10. The third-order valence-electron chi connectivity index (χ3n) is 7.59. The summed E-state index contributed by atoms with van der Waals surface area (Å²) in [6, 6.07) is 1.20. The Morgan fingerprint density at radius 3 is 2.28 bits per heavy atom. The Labute approximate surface area is 167 Å². The van der Waals surface area contributed by atoms with Crippen LogP contribution in [0.3, 0.4) is 0 Å². The minimum Gasteiger partial charge on any atom is -0.425 e. The van der Waals surface area contributed by atoms with Crippen molar-refractivity contribution in [3.63, 3.8) is 0 Å². The van der Waals surface area contributed by atoms with E-state index in [2.05, 4.69) is 15.3 Å². The van der Waals surface area contributed by atoms with Crippen LogP contribution >= 0.6 is 0 Å². The normalized spacial score (nSPS) is 33.6. The Kier molecular flexibility index (Phi) is 3.76. The van der Waals surface area contributed by atoms with Crippen molar-refractivity contribution in [2.24, 2.45) is 17.8 Å². The van der Waals surface area contributed by atoms with Gasteiger partial charge in [0.1, 0.15) is 0 Å². The van der Waals surface area contributed by atoms with Gasteiger partial charge in [-0.15, -0.1) is 10.2 Å².